The van der Waals surface area contributed by atoms with E-state index in [0.29, 0.717) is 18.8 Å². The number of aliphatic carboxylic acids is 1. The zero-order valence-electron chi connectivity index (χ0n) is 27.1. The normalized spacial score (nSPS) is 33.3. The van der Waals surface area contributed by atoms with E-state index in [1.165, 1.54) is 0 Å². The molecule has 2 aromatic rings. The van der Waals surface area contributed by atoms with E-state index < -0.39 is 47.9 Å². The van der Waals surface area contributed by atoms with Crippen LogP contribution in [0.2, 0.25) is 0 Å². The molecular weight excluding hydrogens is 610 g/mol. The summed E-state index contributed by atoms with van der Waals surface area (Å²) in [5.74, 6) is -2.91. The Morgan fingerprint density at radius 3 is 2.66 bits per heavy atom. The monoisotopic (exact) mass is 655 g/mol. The van der Waals surface area contributed by atoms with Crippen LogP contribution in [0.5, 0.6) is 0 Å². The number of carboxylic acids is 1. The molecule has 4 N–H and O–H groups in total. The molecule has 1 aromatic carbocycles. The van der Waals surface area contributed by atoms with E-state index in [0.717, 1.165) is 35.7 Å². The van der Waals surface area contributed by atoms with Crippen molar-refractivity contribution in [3.05, 3.63) is 36.0 Å². The number of fused-ring (bicyclic) bond motifs is 3. The van der Waals surface area contributed by atoms with Crippen molar-refractivity contribution < 1.29 is 48.3 Å². The molecule has 2 bridgehead atoms. The topological polar surface area (TPSA) is 175 Å². The van der Waals surface area contributed by atoms with Gasteiger partial charge in [-0.2, -0.15) is 0 Å². The Labute approximate surface area is 273 Å². The molecule has 1 saturated carbocycles. The van der Waals surface area contributed by atoms with Gasteiger partial charge >= 0.3 is 11.9 Å². The molecule has 13 heteroatoms. The van der Waals surface area contributed by atoms with Crippen LogP contribution in [0.15, 0.2) is 30.5 Å². The molecular formula is C34H45N3O10. The number of aromatic nitrogens is 1. The smallest absolute Gasteiger partial charge is 0.326 e. The van der Waals surface area contributed by atoms with Gasteiger partial charge in [0.2, 0.25) is 23.9 Å². The first kappa shape index (κ1) is 33.4. The summed E-state index contributed by atoms with van der Waals surface area (Å²) in [6.45, 7) is 6.26. The van der Waals surface area contributed by atoms with E-state index in [2.05, 4.69) is 22.5 Å². The summed E-state index contributed by atoms with van der Waals surface area (Å²) in [6.07, 6.45) is 3.94. The molecule has 0 unspecified atom stereocenters. The minimum Gasteiger partial charge on any atom is -0.480 e. The van der Waals surface area contributed by atoms with E-state index in [-0.39, 0.29) is 55.9 Å². The van der Waals surface area contributed by atoms with Crippen LogP contribution >= 0.6 is 0 Å². The second-order valence-corrected chi connectivity index (χ2v) is 13.7. The number of benzene rings is 1. The van der Waals surface area contributed by atoms with Crippen LogP contribution in [0, 0.1) is 23.7 Å². The maximum atomic E-state index is 12.8. The lowest BCUT2D eigenvalue weighted by Gasteiger charge is -2.59. The van der Waals surface area contributed by atoms with E-state index in [9.17, 15) is 24.3 Å². The summed E-state index contributed by atoms with van der Waals surface area (Å²) in [6, 6.07) is 6.47. The van der Waals surface area contributed by atoms with Gasteiger partial charge in [-0.05, 0) is 56.1 Å². The van der Waals surface area contributed by atoms with Gasteiger partial charge in [0.15, 0.2) is 11.9 Å². The van der Waals surface area contributed by atoms with Gasteiger partial charge < -0.3 is 34.9 Å². The number of hydrogen-bond acceptors (Lipinski definition) is 9. The summed E-state index contributed by atoms with van der Waals surface area (Å²) in [5, 5.41) is 15.9. The van der Waals surface area contributed by atoms with Crippen molar-refractivity contribution in [1.82, 2.24) is 15.6 Å². The van der Waals surface area contributed by atoms with E-state index >= 15 is 0 Å². The molecule has 5 heterocycles. The number of ether oxygens (including phenoxy) is 3. The van der Waals surface area contributed by atoms with Crippen molar-refractivity contribution in [2.24, 2.45) is 23.7 Å². The first-order valence-corrected chi connectivity index (χ1v) is 16.7. The Bertz CT molecular complexity index is 1500. The molecule has 7 rings (SSSR count). The number of amides is 2. The number of hydrogen-bond donors (Lipinski definition) is 4. The quantitative estimate of drug-likeness (QED) is 0.150. The molecule has 1 spiro atoms. The lowest BCUT2D eigenvalue weighted by Crippen LogP contribution is -2.70. The molecule has 1 aromatic heterocycles. The predicted octanol–water partition coefficient (Wildman–Crippen LogP) is 3.71. The van der Waals surface area contributed by atoms with Crippen molar-refractivity contribution >= 4 is 34.7 Å². The summed E-state index contributed by atoms with van der Waals surface area (Å²) < 4.78 is 18.3. The SMILES string of the molecule is C[C@@H]1[C@H](OC(=O)CCC(=O)NCCCC(=O)N[C@@H](Cc2c[nH]c3ccccc23)C(=O)O)O[C@H]2O[C@@]3(C)CC[C@H]4[C@H](C)CC[C@@H]1[C@@]24OO3. The zero-order chi connectivity index (χ0) is 33.3. The van der Waals surface area contributed by atoms with Gasteiger partial charge in [-0.3, -0.25) is 14.4 Å². The highest BCUT2D eigenvalue weighted by atomic mass is 17.3. The van der Waals surface area contributed by atoms with Crippen LogP contribution in [0.4, 0.5) is 0 Å². The molecule has 5 fully saturated rings. The molecule has 13 nitrogen and oxygen atoms in total. The molecule has 47 heavy (non-hydrogen) atoms. The molecule has 1 aliphatic carbocycles. The van der Waals surface area contributed by atoms with Gasteiger partial charge in [0.05, 0.1) is 6.42 Å². The molecule has 4 saturated heterocycles. The number of carbonyl (C=O) groups is 4. The Kier molecular flexibility index (Phi) is 9.62. The second-order valence-electron chi connectivity index (χ2n) is 13.7. The molecule has 256 valence electrons. The third-order valence-electron chi connectivity index (χ3n) is 10.5. The maximum Gasteiger partial charge on any atom is 0.326 e. The highest BCUT2D eigenvalue weighted by Crippen LogP contribution is 2.60. The Morgan fingerprint density at radius 2 is 1.85 bits per heavy atom. The average molecular weight is 656 g/mol. The highest BCUT2D eigenvalue weighted by molar-refractivity contribution is 5.87. The number of H-pyrrole nitrogens is 1. The minimum atomic E-state index is -1.13. The van der Waals surface area contributed by atoms with E-state index in [1.807, 2.05) is 38.1 Å². The van der Waals surface area contributed by atoms with Gasteiger partial charge in [0, 0.05) is 61.2 Å². The van der Waals surface area contributed by atoms with E-state index in [4.69, 9.17) is 24.0 Å². The summed E-state index contributed by atoms with van der Waals surface area (Å²) in [5.41, 5.74) is 0.940. The molecule has 5 aliphatic rings. The second kappa shape index (κ2) is 13.5. The highest BCUT2D eigenvalue weighted by Gasteiger charge is 2.69. The zero-order valence-corrected chi connectivity index (χ0v) is 27.1. The van der Waals surface area contributed by atoms with Crippen LogP contribution in [-0.2, 0) is 49.6 Å². The lowest BCUT2D eigenvalue weighted by atomic mass is 9.58. The minimum absolute atomic E-state index is 0.0164. The third-order valence-corrected chi connectivity index (χ3v) is 10.5. The summed E-state index contributed by atoms with van der Waals surface area (Å²) in [4.78, 5) is 64.6. The standard InChI is InChI=1S/C34H45N3O10/c1-19-10-11-24-20(2)31(44-32-34(24)23(19)14-15-33(3,45-32)46-47-34)43-29(40)13-12-27(38)35-16-6-9-28(39)37-26(30(41)42)17-21-18-36-25-8-5-4-7-22(21)25/h4-5,7-8,18-20,23-24,26,31-32,36H,6,9-17H2,1-3H3,(H,35,38)(H,37,39)(H,41,42)/t19-,20+,23+,24+,26+,31-,32+,33-,34-/m1/s1. The number of aromatic amines is 1. The fourth-order valence-electron chi connectivity index (χ4n) is 7.96. The average Bonchev–Trinajstić information content (AvgIpc) is 3.31. The van der Waals surface area contributed by atoms with Crippen molar-refractivity contribution in [2.75, 3.05) is 6.54 Å². The number of rotatable bonds is 12. The molecule has 4 aliphatic heterocycles. The van der Waals surface area contributed by atoms with Crippen molar-refractivity contribution in [3.8, 4) is 0 Å². The lowest BCUT2D eigenvalue weighted by molar-refractivity contribution is -0.576. The number of para-hydroxylation sites is 1. The van der Waals surface area contributed by atoms with Crippen molar-refractivity contribution in [3.63, 3.8) is 0 Å². The maximum absolute atomic E-state index is 12.8. The first-order chi connectivity index (χ1) is 22.5. The van der Waals surface area contributed by atoms with Crippen molar-refractivity contribution in [1.29, 1.82) is 0 Å². The number of esters is 1. The molecule has 0 radical (unpaired) electrons. The number of carbonyl (C=O) groups excluding carboxylic acids is 3. The summed E-state index contributed by atoms with van der Waals surface area (Å²) >= 11 is 0. The Hall–Kier alpha value is -3.52. The predicted molar refractivity (Wildman–Crippen MR) is 166 cm³/mol. The van der Waals surface area contributed by atoms with Crippen LogP contribution in [0.25, 0.3) is 10.9 Å². The fraction of sp³-hybridized carbons (Fsp3) is 0.647. The van der Waals surface area contributed by atoms with Gasteiger partial charge in [0.25, 0.3) is 0 Å². The third kappa shape index (κ3) is 6.76. The van der Waals surface area contributed by atoms with Crippen LogP contribution in [0.1, 0.15) is 77.7 Å². The fourth-order valence-corrected chi connectivity index (χ4v) is 7.96. The largest absolute Gasteiger partial charge is 0.480 e. The first-order valence-electron chi connectivity index (χ1n) is 16.7. The van der Waals surface area contributed by atoms with Gasteiger partial charge in [-0.15, -0.1) is 0 Å². The summed E-state index contributed by atoms with van der Waals surface area (Å²) in [7, 11) is 0. The Balaban J connectivity index is 0.922. The van der Waals surface area contributed by atoms with Crippen LogP contribution in [-0.4, -0.2) is 70.4 Å². The van der Waals surface area contributed by atoms with Gasteiger partial charge in [0.1, 0.15) is 6.04 Å². The number of nitrogens with one attached hydrogen (secondary N) is 3. The Morgan fingerprint density at radius 1 is 1.04 bits per heavy atom. The van der Waals surface area contributed by atoms with Gasteiger partial charge in [-0.25, -0.2) is 14.6 Å². The number of carboxylic acid groups (broad SMARTS) is 1. The molecule has 2 amide bonds. The van der Waals surface area contributed by atoms with E-state index in [1.54, 1.807) is 6.20 Å². The van der Waals surface area contributed by atoms with Crippen molar-refractivity contribution in [2.45, 2.75) is 109 Å². The molecule has 9 atom stereocenters. The van der Waals surface area contributed by atoms with Crippen LogP contribution in [0.3, 0.4) is 0 Å². The van der Waals surface area contributed by atoms with Crippen LogP contribution < -0.4 is 10.6 Å². The van der Waals surface area contributed by atoms with Gasteiger partial charge in [-0.1, -0.05) is 32.0 Å².